The number of hydrogen-bond acceptors (Lipinski definition) is 4. The lowest BCUT2D eigenvalue weighted by Crippen LogP contribution is -2.26. The van der Waals surface area contributed by atoms with Gasteiger partial charge in [0.05, 0.1) is 27.4 Å². The number of hydrogen-bond donors (Lipinski definition) is 1. The van der Waals surface area contributed by atoms with Crippen LogP contribution in [0, 0.1) is 0 Å². The van der Waals surface area contributed by atoms with Gasteiger partial charge in [-0.05, 0) is 36.8 Å². The van der Waals surface area contributed by atoms with Crippen molar-refractivity contribution in [1.29, 1.82) is 0 Å². The van der Waals surface area contributed by atoms with Gasteiger partial charge in [-0.15, -0.1) is 0 Å². The van der Waals surface area contributed by atoms with Crippen LogP contribution in [0.4, 0.5) is 0 Å². The molecule has 0 radical (unpaired) electrons. The first-order chi connectivity index (χ1) is 11.5. The summed E-state index contributed by atoms with van der Waals surface area (Å²) in [6.07, 6.45) is 0. The minimum atomic E-state index is -0.239. The molecule has 0 aromatic heterocycles. The average molecular weight is 350 g/mol. The molecule has 0 aliphatic carbocycles. The van der Waals surface area contributed by atoms with Gasteiger partial charge in [0.25, 0.3) is 5.91 Å². The Kier molecular flexibility index (Phi) is 5.93. The van der Waals surface area contributed by atoms with Crippen LogP contribution in [0.5, 0.6) is 17.2 Å². The Labute approximate surface area is 146 Å². The molecule has 6 heteroatoms. The number of rotatable bonds is 6. The van der Waals surface area contributed by atoms with Gasteiger partial charge in [-0.2, -0.15) is 0 Å². The predicted molar refractivity (Wildman–Crippen MR) is 93.4 cm³/mol. The quantitative estimate of drug-likeness (QED) is 0.860. The standard InChI is InChI=1S/C18H20ClNO4/c1-11(12-5-7-14(19)8-6-12)20-18(21)13-9-15(22-2)17(24-4)16(10-13)23-3/h5-11H,1-4H3,(H,20,21)/t11-/m1/s1. The largest absolute Gasteiger partial charge is 0.493 e. The van der Waals surface area contributed by atoms with E-state index in [1.54, 1.807) is 24.3 Å². The van der Waals surface area contributed by atoms with Crippen molar-refractivity contribution >= 4 is 17.5 Å². The zero-order valence-electron chi connectivity index (χ0n) is 14.1. The lowest BCUT2D eigenvalue weighted by molar-refractivity contribution is 0.0939. The van der Waals surface area contributed by atoms with Crippen molar-refractivity contribution in [2.24, 2.45) is 0 Å². The number of benzene rings is 2. The second kappa shape index (κ2) is 7.93. The van der Waals surface area contributed by atoms with Gasteiger partial charge >= 0.3 is 0 Å². The highest BCUT2D eigenvalue weighted by atomic mass is 35.5. The Bertz CT molecular complexity index is 690. The molecule has 0 aliphatic rings. The highest BCUT2D eigenvalue weighted by molar-refractivity contribution is 6.30. The molecule has 1 atom stereocenters. The van der Waals surface area contributed by atoms with Crippen molar-refractivity contribution in [3.8, 4) is 17.2 Å². The Balaban J connectivity index is 2.24. The van der Waals surface area contributed by atoms with Gasteiger partial charge in [0.2, 0.25) is 5.75 Å². The summed E-state index contributed by atoms with van der Waals surface area (Å²) in [5, 5.41) is 3.59. The zero-order chi connectivity index (χ0) is 17.7. The lowest BCUT2D eigenvalue weighted by atomic mass is 10.1. The summed E-state index contributed by atoms with van der Waals surface area (Å²) >= 11 is 5.89. The van der Waals surface area contributed by atoms with Gasteiger partial charge in [-0.25, -0.2) is 0 Å². The van der Waals surface area contributed by atoms with Gasteiger partial charge in [-0.3, -0.25) is 4.79 Å². The second-order valence-corrected chi connectivity index (χ2v) is 5.60. The maximum Gasteiger partial charge on any atom is 0.252 e. The first kappa shape index (κ1) is 17.9. The van der Waals surface area contributed by atoms with Crippen LogP contribution in [0.1, 0.15) is 28.9 Å². The Hall–Kier alpha value is -2.40. The zero-order valence-corrected chi connectivity index (χ0v) is 14.8. The van der Waals surface area contributed by atoms with Crippen LogP contribution in [0.25, 0.3) is 0 Å². The molecule has 0 saturated heterocycles. The number of amides is 1. The topological polar surface area (TPSA) is 56.8 Å². The van der Waals surface area contributed by atoms with Crippen molar-refractivity contribution < 1.29 is 19.0 Å². The fourth-order valence-corrected chi connectivity index (χ4v) is 2.45. The molecular weight excluding hydrogens is 330 g/mol. The molecule has 0 unspecified atom stereocenters. The molecule has 1 amide bonds. The number of nitrogens with one attached hydrogen (secondary N) is 1. The summed E-state index contributed by atoms with van der Waals surface area (Å²) in [6, 6.07) is 10.4. The van der Waals surface area contributed by atoms with E-state index < -0.39 is 0 Å². The SMILES string of the molecule is COc1cc(C(=O)N[C@H](C)c2ccc(Cl)cc2)cc(OC)c1OC. The van der Waals surface area contributed by atoms with E-state index in [1.807, 2.05) is 19.1 Å². The van der Waals surface area contributed by atoms with Crippen LogP contribution >= 0.6 is 11.6 Å². The van der Waals surface area contributed by atoms with Gasteiger partial charge in [-0.1, -0.05) is 23.7 Å². The summed E-state index contributed by atoms with van der Waals surface area (Å²) < 4.78 is 15.8. The van der Waals surface area contributed by atoms with E-state index in [2.05, 4.69) is 5.32 Å². The van der Waals surface area contributed by atoms with Crippen molar-refractivity contribution in [1.82, 2.24) is 5.32 Å². The minimum absolute atomic E-state index is 0.172. The minimum Gasteiger partial charge on any atom is -0.493 e. The van der Waals surface area contributed by atoms with Crippen LogP contribution in [-0.2, 0) is 0 Å². The Morgan fingerprint density at radius 2 is 1.54 bits per heavy atom. The van der Waals surface area contributed by atoms with Crippen LogP contribution in [0.15, 0.2) is 36.4 Å². The lowest BCUT2D eigenvalue weighted by Gasteiger charge is -2.17. The molecular formula is C18H20ClNO4. The molecule has 2 aromatic rings. The third kappa shape index (κ3) is 3.92. The van der Waals surface area contributed by atoms with Crippen LogP contribution in [0.2, 0.25) is 5.02 Å². The van der Waals surface area contributed by atoms with Crippen molar-refractivity contribution in [3.63, 3.8) is 0 Å². The molecule has 0 bridgehead atoms. The molecule has 1 N–H and O–H groups in total. The molecule has 0 spiro atoms. The van der Waals surface area contributed by atoms with Crippen molar-refractivity contribution in [3.05, 3.63) is 52.5 Å². The van der Waals surface area contributed by atoms with E-state index in [4.69, 9.17) is 25.8 Å². The molecule has 2 rings (SSSR count). The molecule has 5 nitrogen and oxygen atoms in total. The smallest absolute Gasteiger partial charge is 0.252 e. The first-order valence-corrected chi connectivity index (χ1v) is 7.74. The van der Waals surface area contributed by atoms with Crippen LogP contribution in [0.3, 0.4) is 0 Å². The number of ether oxygens (including phenoxy) is 3. The highest BCUT2D eigenvalue weighted by Gasteiger charge is 2.18. The molecule has 128 valence electrons. The number of carbonyl (C=O) groups is 1. The van der Waals surface area contributed by atoms with Crippen molar-refractivity contribution in [2.75, 3.05) is 21.3 Å². The second-order valence-electron chi connectivity index (χ2n) is 5.16. The van der Waals surface area contributed by atoms with Crippen LogP contribution in [-0.4, -0.2) is 27.2 Å². The summed E-state index contributed by atoms with van der Waals surface area (Å²) in [7, 11) is 4.54. The molecule has 0 heterocycles. The molecule has 2 aromatic carbocycles. The summed E-state index contributed by atoms with van der Waals surface area (Å²) in [5.41, 5.74) is 1.38. The van der Waals surface area contributed by atoms with E-state index in [0.717, 1.165) is 5.56 Å². The van der Waals surface area contributed by atoms with Gasteiger partial charge < -0.3 is 19.5 Å². The van der Waals surface area contributed by atoms with Gasteiger partial charge in [0, 0.05) is 10.6 Å². The third-order valence-corrected chi connectivity index (χ3v) is 3.90. The highest BCUT2D eigenvalue weighted by Crippen LogP contribution is 2.38. The van der Waals surface area contributed by atoms with E-state index in [-0.39, 0.29) is 11.9 Å². The molecule has 24 heavy (non-hydrogen) atoms. The maximum atomic E-state index is 12.5. The predicted octanol–water partition coefficient (Wildman–Crippen LogP) is 3.86. The third-order valence-electron chi connectivity index (χ3n) is 3.64. The number of carbonyl (C=O) groups excluding carboxylic acids is 1. The normalized spacial score (nSPS) is 11.5. The monoisotopic (exact) mass is 349 g/mol. The molecule has 0 aliphatic heterocycles. The van der Waals surface area contributed by atoms with E-state index in [0.29, 0.717) is 27.8 Å². The van der Waals surface area contributed by atoms with Crippen LogP contribution < -0.4 is 19.5 Å². The molecule has 0 fully saturated rings. The number of methoxy groups -OCH3 is 3. The summed E-state index contributed by atoms with van der Waals surface area (Å²) in [6.45, 7) is 1.90. The maximum absolute atomic E-state index is 12.5. The van der Waals surface area contributed by atoms with E-state index in [1.165, 1.54) is 21.3 Å². The average Bonchev–Trinajstić information content (AvgIpc) is 2.60. The Morgan fingerprint density at radius 3 is 2.00 bits per heavy atom. The van der Waals surface area contributed by atoms with Gasteiger partial charge in [0.1, 0.15) is 0 Å². The summed E-state index contributed by atoms with van der Waals surface area (Å²) in [4.78, 5) is 12.5. The Morgan fingerprint density at radius 1 is 1.00 bits per heavy atom. The van der Waals surface area contributed by atoms with E-state index in [9.17, 15) is 4.79 Å². The summed E-state index contributed by atoms with van der Waals surface area (Å²) in [5.74, 6) is 1.07. The molecule has 0 saturated carbocycles. The first-order valence-electron chi connectivity index (χ1n) is 7.36. The fourth-order valence-electron chi connectivity index (χ4n) is 2.33. The van der Waals surface area contributed by atoms with Gasteiger partial charge in [0.15, 0.2) is 11.5 Å². The van der Waals surface area contributed by atoms with E-state index >= 15 is 0 Å². The van der Waals surface area contributed by atoms with Crippen molar-refractivity contribution in [2.45, 2.75) is 13.0 Å². The number of halogens is 1. The fraction of sp³-hybridized carbons (Fsp3) is 0.278.